The van der Waals surface area contributed by atoms with Crippen molar-refractivity contribution in [2.45, 2.75) is 141 Å². The molecule has 394 valence electrons. The first-order valence-corrected chi connectivity index (χ1v) is 25.3. The van der Waals surface area contributed by atoms with E-state index in [2.05, 4.69) is 20.1 Å². The third kappa shape index (κ3) is 24.9. The summed E-state index contributed by atoms with van der Waals surface area (Å²) in [6.45, 7) is 18.6. The summed E-state index contributed by atoms with van der Waals surface area (Å²) in [7, 11) is -9.49. The molecule has 2 aromatic rings. The molecule has 0 saturated heterocycles. The minimum atomic E-state index is -4.74. The molecule has 0 aliphatic carbocycles. The largest absolute Gasteiger partial charge is 0.460 e. The Balaban J connectivity index is 1.95. The van der Waals surface area contributed by atoms with Crippen LogP contribution in [0.4, 0.5) is 9.59 Å². The Bertz CT molecular complexity index is 2090. The standard InChI is InChI=1S/C46H70N4O18S2/c1-43(2,3)65-35(51)29-33(37(53)67-45(7,8)9)49-69(57,58)39(31-19-15-13-16-20-31)63-41(55)47-23-25-61-27-28-62-26-24-48-42(56)64-40(32-21-17-14-18-22-32)70(59,60)50-34(38(54)68-46(10,11)12)30-36(52)66-44(4,5)6/h13-22,33-34,39-40,49-50H,23-30H2,1-12H3,(H,47,55)(H,48,56)/t33-,34-,39?,40?/m0/s1. The van der Waals surface area contributed by atoms with Gasteiger partial charge in [-0.05, 0) is 83.1 Å². The van der Waals surface area contributed by atoms with Gasteiger partial charge in [0.1, 0.15) is 34.5 Å². The molecule has 24 heteroatoms. The van der Waals surface area contributed by atoms with Crippen LogP contribution >= 0.6 is 0 Å². The van der Waals surface area contributed by atoms with Crippen LogP contribution in [0.1, 0.15) is 118 Å². The van der Waals surface area contributed by atoms with E-state index in [-0.39, 0.29) is 50.6 Å². The second kappa shape index (κ2) is 26.7. The molecule has 70 heavy (non-hydrogen) atoms. The van der Waals surface area contributed by atoms with Gasteiger partial charge < -0.3 is 48.5 Å². The Morgan fingerprint density at radius 2 is 0.757 bits per heavy atom. The number of nitrogens with one attached hydrogen (secondary N) is 4. The second-order valence-corrected chi connectivity index (χ2v) is 23.0. The summed E-state index contributed by atoms with van der Waals surface area (Å²) in [5.41, 5.74) is -7.86. The van der Waals surface area contributed by atoms with Crippen molar-refractivity contribution >= 4 is 56.1 Å². The van der Waals surface area contributed by atoms with Crippen molar-refractivity contribution in [3.05, 3.63) is 71.8 Å². The highest BCUT2D eigenvalue weighted by Crippen LogP contribution is 2.27. The fraction of sp³-hybridized carbons (Fsp3) is 0.609. The van der Waals surface area contributed by atoms with Crippen molar-refractivity contribution in [3.63, 3.8) is 0 Å². The maximum Gasteiger partial charge on any atom is 0.408 e. The number of carbonyl (C=O) groups excluding carboxylic acids is 6. The molecule has 0 bridgehead atoms. The lowest BCUT2D eigenvalue weighted by molar-refractivity contribution is -0.164. The summed E-state index contributed by atoms with van der Waals surface area (Å²) in [5.74, 6) is -3.88. The van der Waals surface area contributed by atoms with E-state index in [9.17, 15) is 45.6 Å². The van der Waals surface area contributed by atoms with Gasteiger partial charge in [-0.1, -0.05) is 60.7 Å². The number of alkyl carbamates (subject to hydrolysis) is 2. The van der Waals surface area contributed by atoms with Crippen LogP contribution in [0.3, 0.4) is 0 Å². The van der Waals surface area contributed by atoms with Gasteiger partial charge in [0, 0.05) is 24.2 Å². The Labute approximate surface area is 410 Å². The van der Waals surface area contributed by atoms with Crippen molar-refractivity contribution < 1.29 is 83.5 Å². The molecule has 0 aromatic heterocycles. The summed E-state index contributed by atoms with van der Waals surface area (Å²) >= 11 is 0. The number of carbonyl (C=O) groups is 6. The van der Waals surface area contributed by atoms with Crippen LogP contribution in [0.15, 0.2) is 60.7 Å². The zero-order valence-corrected chi connectivity index (χ0v) is 43.5. The SMILES string of the molecule is CC(C)(C)OC(=O)C[C@H](NS(=O)(=O)C(OC(=O)NCCOCCOCCNC(=O)OC(c1ccccc1)S(=O)(=O)N[C@@H](CC(=O)OC(C)(C)C)C(=O)OC(C)(C)C)c1ccccc1)C(=O)OC(C)(C)C. The molecule has 0 spiro atoms. The Kier molecular flexibility index (Phi) is 23.2. The van der Waals surface area contributed by atoms with Gasteiger partial charge in [-0.15, -0.1) is 0 Å². The van der Waals surface area contributed by atoms with Crippen LogP contribution in [-0.4, -0.2) is 127 Å². The van der Waals surface area contributed by atoms with Crippen LogP contribution in [0.5, 0.6) is 0 Å². The molecule has 2 aromatic carbocycles. The van der Waals surface area contributed by atoms with Gasteiger partial charge in [-0.25, -0.2) is 26.4 Å². The average molecular weight is 1030 g/mol. The molecule has 4 atom stereocenters. The van der Waals surface area contributed by atoms with E-state index in [0.29, 0.717) is 0 Å². The van der Waals surface area contributed by atoms with Gasteiger partial charge in [-0.3, -0.25) is 19.2 Å². The van der Waals surface area contributed by atoms with E-state index in [1.165, 1.54) is 48.5 Å². The molecule has 2 unspecified atom stereocenters. The van der Waals surface area contributed by atoms with Gasteiger partial charge in [0.05, 0.1) is 39.3 Å². The monoisotopic (exact) mass is 1030 g/mol. The third-order valence-corrected chi connectivity index (χ3v) is 11.2. The van der Waals surface area contributed by atoms with E-state index in [4.69, 9.17) is 37.9 Å². The van der Waals surface area contributed by atoms with Crippen molar-refractivity contribution in [3.8, 4) is 0 Å². The predicted octanol–water partition coefficient (Wildman–Crippen LogP) is 4.59. The normalized spacial score (nSPS) is 14.2. The highest BCUT2D eigenvalue weighted by molar-refractivity contribution is 7.89. The summed E-state index contributed by atoms with van der Waals surface area (Å²) in [4.78, 5) is 77.4. The van der Waals surface area contributed by atoms with Crippen LogP contribution in [0.25, 0.3) is 0 Å². The van der Waals surface area contributed by atoms with Crippen LogP contribution in [0, 0.1) is 0 Å². The predicted molar refractivity (Wildman–Crippen MR) is 253 cm³/mol. The minimum Gasteiger partial charge on any atom is -0.460 e. The van der Waals surface area contributed by atoms with Gasteiger partial charge in [-0.2, -0.15) is 9.44 Å². The molecule has 4 N–H and O–H groups in total. The molecular formula is C46H70N4O18S2. The number of hydrogen-bond acceptors (Lipinski definition) is 18. The van der Waals surface area contributed by atoms with Crippen LogP contribution in [0.2, 0.25) is 0 Å². The lowest BCUT2D eigenvalue weighted by Crippen LogP contribution is -2.48. The smallest absolute Gasteiger partial charge is 0.408 e. The maximum atomic E-state index is 13.8. The fourth-order valence-electron chi connectivity index (χ4n) is 5.60. The van der Waals surface area contributed by atoms with E-state index < -0.39 is 114 Å². The highest BCUT2D eigenvalue weighted by atomic mass is 32.2. The zero-order valence-electron chi connectivity index (χ0n) is 41.9. The summed E-state index contributed by atoms with van der Waals surface area (Å²) < 4.78 is 102. The number of rotatable bonds is 25. The second-order valence-electron chi connectivity index (χ2n) is 19.5. The van der Waals surface area contributed by atoms with Gasteiger partial charge in [0.25, 0.3) is 20.0 Å². The minimum absolute atomic E-state index is 0.0118. The van der Waals surface area contributed by atoms with E-state index in [1.54, 1.807) is 95.2 Å². The number of sulfonamides is 2. The first-order chi connectivity index (χ1) is 32.2. The summed E-state index contributed by atoms with van der Waals surface area (Å²) in [5, 5.41) is 4.77. The molecule has 0 radical (unpaired) electrons. The first-order valence-electron chi connectivity index (χ1n) is 22.2. The lowest BCUT2D eigenvalue weighted by atomic mass is 10.1. The average Bonchev–Trinajstić information content (AvgIpc) is 3.19. The third-order valence-electron chi connectivity index (χ3n) is 8.12. The molecule has 2 rings (SSSR count). The van der Waals surface area contributed by atoms with Crippen LogP contribution < -0.4 is 20.1 Å². The topological polar surface area (TPSA) is 293 Å². The Hall–Kier alpha value is -5.40. The van der Waals surface area contributed by atoms with E-state index in [1.807, 2.05) is 0 Å². The van der Waals surface area contributed by atoms with Crippen molar-refractivity contribution in [2.75, 3.05) is 39.5 Å². The molecule has 22 nitrogen and oxygen atoms in total. The van der Waals surface area contributed by atoms with E-state index in [0.717, 1.165) is 0 Å². The zero-order chi connectivity index (χ0) is 53.1. The molecule has 0 saturated carbocycles. The van der Waals surface area contributed by atoms with Crippen molar-refractivity contribution in [1.82, 2.24) is 20.1 Å². The number of hydrogen-bond donors (Lipinski definition) is 4. The highest BCUT2D eigenvalue weighted by Gasteiger charge is 2.40. The molecule has 0 heterocycles. The first kappa shape index (κ1) is 60.7. The van der Waals surface area contributed by atoms with Crippen molar-refractivity contribution in [1.29, 1.82) is 0 Å². The number of amides is 2. The molecule has 0 fully saturated rings. The number of ether oxygens (including phenoxy) is 8. The molecule has 0 aliphatic rings. The van der Waals surface area contributed by atoms with Crippen molar-refractivity contribution in [2.24, 2.45) is 0 Å². The van der Waals surface area contributed by atoms with Gasteiger partial charge in [0.15, 0.2) is 0 Å². The number of esters is 4. The Morgan fingerprint density at radius 1 is 0.457 bits per heavy atom. The summed E-state index contributed by atoms with van der Waals surface area (Å²) in [6.07, 6.45) is -3.74. The fourth-order valence-corrected chi connectivity index (χ4v) is 8.46. The quantitative estimate of drug-likeness (QED) is 0.0601. The Morgan fingerprint density at radius 3 is 1.04 bits per heavy atom. The number of benzene rings is 2. The summed E-state index contributed by atoms with van der Waals surface area (Å²) in [6, 6.07) is 11.4. The molecular weight excluding hydrogens is 961 g/mol. The van der Waals surface area contributed by atoms with Gasteiger partial charge >= 0.3 is 36.1 Å². The lowest BCUT2D eigenvalue weighted by Gasteiger charge is -2.27. The van der Waals surface area contributed by atoms with Crippen LogP contribution in [-0.2, 0) is 77.1 Å². The van der Waals surface area contributed by atoms with E-state index >= 15 is 0 Å². The molecule has 2 amide bonds. The van der Waals surface area contributed by atoms with Gasteiger partial charge in [0.2, 0.25) is 10.9 Å². The molecule has 0 aliphatic heterocycles. The maximum absolute atomic E-state index is 13.8.